The lowest BCUT2D eigenvalue weighted by Gasteiger charge is -2.35. The van der Waals surface area contributed by atoms with E-state index in [9.17, 15) is 9.59 Å². The van der Waals surface area contributed by atoms with Gasteiger partial charge in [-0.1, -0.05) is 15.9 Å². The van der Waals surface area contributed by atoms with Gasteiger partial charge in [0.25, 0.3) is 5.56 Å². The van der Waals surface area contributed by atoms with Crippen LogP contribution in [0.2, 0.25) is 0 Å². The van der Waals surface area contributed by atoms with Crippen molar-refractivity contribution in [1.82, 2.24) is 19.0 Å². The lowest BCUT2D eigenvalue weighted by atomic mass is 10.1. The molecule has 0 saturated heterocycles. The summed E-state index contributed by atoms with van der Waals surface area (Å²) in [5.74, 6) is -0.0711. The van der Waals surface area contributed by atoms with E-state index in [4.69, 9.17) is 0 Å². The number of hydrogen-bond acceptors (Lipinski definition) is 3. The van der Waals surface area contributed by atoms with E-state index in [0.29, 0.717) is 17.4 Å². The molecule has 0 saturated carbocycles. The van der Waals surface area contributed by atoms with Crippen molar-refractivity contribution in [2.45, 2.75) is 26.1 Å². The highest BCUT2D eigenvalue weighted by molar-refractivity contribution is 9.10. The molecule has 4 rings (SSSR count). The fourth-order valence-electron chi connectivity index (χ4n) is 3.40. The largest absolute Gasteiger partial charge is 0.348 e. The van der Waals surface area contributed by atoms with Gasteiger partial charge in [-0.2, -0.15) is 0 Å². The molecule has 1 aliphatic heterocycles. The van der Waals surface area contributed by atoms with Crippen LogP contribution in [0.15, 0.2) is 52.1 Å². The summed E-state index contributed by atoms with van der Waals surface area (Å²) in [6.45, 7) is 3.43. The summed E-state index contributed by atoms with van der Waals surface area (Å²) in [6, 6.07) is 9.39. The van der Waals surface area contributed by atoms with E-state index in [0.717, 1.165) is 16.7 Å². The maximum Gasteiger partial charge on any atom is 0.261 e. The molecular formula is C18H17BrN4O2. The van der Waals surface area contributed by atoms with Gasteiger partial charge in [0.1, 0.15) is 6.54 Å². The molecule has 1 atom stereocenters. The first kappa shape index (κ1) is 16.1. The molecule has 3 heterocycles. The molecule has 1 unspecified atom stereocenters. The number of rotatable bonds is 2. The highest BCUT2D eigenvalue weighted by Gasteiger charge is 2.27. The highest BCUT2D eigenvalue weighted by Crippen LogP contribution is 2.25. The maximum atomic E-state index is 12.8. The van der Waals surface area contributed by atoms with E-state index >= 15 is 0 Å². The molecule has 25 heavy (non-hydrogen) atoms. The number of carbonyl (C=O) groups excluding carboxylic acids is 1. The summed E-state index contributed by atoms with van der Waals surface area (Å²) in [6.07, 6.45) is 3.48. The molecule has 0 aliphatic carbocycles. The number of carbonyl (C=O) groups is 1. The van der Waals surface area contributed by atoms with Gasteiger partial charge in [0, 0.05) is 29.5 Å². The zero-order valence-electron chi connectivity index (χ0n) is 13.7. The van der Waals surface area contributed by atoms with E-state index in [1.54, 1.807) is 12.1 Å². The van der Waals surface area contributed by atoms with Crippen LogP contribution in [0.1, 0.15) is 18.7 Å². The molecule has 7 heteroatoms. The number of fused-ring (bicyclic) bond motifs is 2. The molecule has 6 nitrogen and oxygen atoms in total. The summed E-state index contributed by atoms with van der Waals surface area (Å²) < 4.78 is 4.36. The fraction of sp³-hybridized carbons (Fsp3) is 0.278. The van der Waals surface area contributed by atoms with Crippen molar-refractivity contribution in [2.75, 3.05) is 6.54 Å². The Morgan fingerprint density at radius 1 is 1.32 bits per heavy atom. The van der Waals surface area contributed by atoms with Crippen LogP contribution in [-0.2, 0) is 17.9 Å². The third kappa shape index (κ3) is 2.78. The minimum atomic E-state index is -0.201. The van der Waals surface area contributed by atoms with Gasteiger partial charge in [0.05, 0.1) is 23.3 Å². The summed E-state index contributed by atoms with van der Waals surface area (Å²) in [7, 11) is 0. The minimum Gasteiger partial charge on any atom is -0.348 e. The second kappa shape index (κ2) is 6.15. The number of halogens is 1. The lowest BCUT2D eigenvalue weighted by molar-refractivity contribution is -0.135. The Bertz CT molecular complexity index is 1020. The first-order chi connectivity index (χ1) is 12.0. The smallest absolute Gasteiger partial charge is 0.261 e. The third-order valence-corrected chi connectivity index (χ3v) is 5.25. The number of nitrogens with zero attached hydrogens (tertiary/aromatic N) is 4. The standard InChI is InChI=1S/C18H17BrN4O2/c1-12-16-3-2-6-21(16)7-8-23(12)17(24)10-22-11-20-15-5-4-13(19)9-14(15)18(22)25/h2-6,9,11-12H,7-8,10H2,1H3. The number of aromatic nitrogens is 3. The molecule has 1 aromatic carbocycles. The molecule has 2 aromatic heterocycles. The van der Waals surface area contributed by atoms with Crippen LogP contribution in [0.25, 0.3) is 10.9 Å². The lowest BCUT2D eigenvalue weighted by Crippen LogP contribution is -2.43. The Morgan fingerprint density at radius 2 is 2.16 bits per heavy atom. The molecule has 0 radical (unpaired) electrons. The Labute approximate surface area is 152 Å². The average molecular weight is 401 g/mol. The Morgan fingerprint density at radius 3 is 3.00 bits per heavy atom. The van der Waals surface area contributed by atoms with Crippen LogP contribution in [0, 0.1) is 0 Å². The van der Waals surface area contributed by atoms with E-state index in [-0.39, 0.29) is 24.1 Å². The molecule has 0 bridgehead atoms. The van der Waals surface area contributed by atoms with Crippen LogP contribution in [0.5, 0.6) is 0 Å². The zero-order valence-corrected chi connectivity index (χ0v) is 15.3. The Kier molecular flexibility index (Phi) is 3.95. The average Bonchev–Trinajstić information content (AvgIpc) is 3.08. The van der Waals surface area contributed by atoms with Gasteiger partial charge < -0.3 is 9.47 Å². The van der Waals surface area contributed by atoms with E-state index < -0.39 is 0 Å². The summed E-state index contributed by atoms with van der Waals surface area (Å²) in [5.41, 5.74) is 1.54. The first-order valence-electron chi connectivity index (χ1n) is 8.14. The van der Waals surface area contributed by atoms with Gasteiger partial charge in [0.15, 0.2) is 0 Å². The summed E-state index contributed by atoms with van der Waals surface area (Å²) >= 11 is 3.37. The minimum absolute atomic E-state index is 0.000659. The van der Waals surface area contributed by atoms with Crippen LogP contribution in [0.3, 0.4) is 0 Å². The first-order valence-corrected chi connectivity index (χ1v) is 8.93. The van der Waals surface area contributed by atoms with Gasteiger partial charge in [0.2, 0.25) is 5.91 Å². The second-order valence-electron chi connectivity index (χ2n) is 6.23. The molecule has 3 aromatic rings. The molecule has 1 aliphatic rings. The van der Waals surface area contributed by atoms with Crippen molar-refractivity contribution >= 4 is 32.7 Å². The van der Waals surface area contributed by atoms with Crippen LogP contribution < -0.4 is 5.56 Å². The topological polar surface area (TPSA) is 60.1 Å². The van der Waals surface area contributed by atoms with Crippen LogP contribution >= 0.6 is 15.9 Å². The normalized spacial score (nSPS) is 16.9. The van der Waals surface area contributed by atoms with Crippen molar-refractivity contribution in [3.63, 3.8) is 0 Å². The zero-order chi connectivity index (χ0) is 17.6. The quantitative estimate of drug-likeness (QED) is 0.663. The van der Waals surface area contributed by atoms with Crippen molar-refractivity contribution in [3.05, 3.63) is 63.4 Å². The van der Waals surface area contributed by atoms with Gasteiger partial charge in [-0.3, -0.25) is 14.2 Å². The maximum absolute atomic E-state index is 12.8. The number of hydrogen-bond donors (Lipinski definition) is 0. The van der Waals surface area contributed by atoms with Gasteiger partial charge in [-0.05, 0) is 37.3 Å². The molecule has 128 valence electrons. The SMILES string of the molecule is CC1c2cccn2CCN1C(=O)Cn1cnc2ccc(Br)cc2c1=O. The van der Waals surface area contributed by atoms with Crippen LogP contribution in [-0.4, -0.2) is 31.5 Å². The van der Waals surface area contributed by atoms with Crippen molar-refractivity contribution in [1.29, 1.82) is 0 Å². The van der Waals surface area contributed by atoms with E-state index in [1.807, 2.05) is 36.2 Å². The van der Waals surface area contributed by atoms with Gasteiger partial charge in [-0.25, -0.2) is 4.98 Å². The molecule has 1 amide bonds. The predicted octanol–water partition coefficient (Wildman–Crippen LogP) is 2.56. The number of amides is 1. The van der Waals surface area contributed by atoms with Crippen molar-refractivity contribution in [3.8, 4) is 0 Å². The fourth-order valence-corrected chi connectivity index (χ4v) is 3.76. The summed E-state index contributed by atoms with van der Waals surface area (Å²) in [5, 5.41) is 0.505. The van der Waals surface area contributed by atoms with Crippen molar-refractivity contribution in [2.24, 2.45) is 0 Å². The molecular weight excluding hydrogens is 384 g/mol. The molecule has 0 spiro atoms. The summed E-state index contributed by atoms with van der Waals surface area (Å²) in [4.78, 5) is 31.6. The van der Waals surface area contributed by atoms with Crippen molar-refractivity contribution < 1.29 is 4.79 Å². The Hall–Kier alpha value is -2.41. The van der Waals surface area contributed by atoms with Crippen LogP contribution in [0.4, 0.5) is 0 Å². The third-order valence-electron chi connectivity index (χ3n) is 4.75. The van der Waals surface area contributed by atoms with E-state index in [1.165, 1.54) is 10.9 Å². The Balaban J connectivity index is 1.62. The number of benzene rings is 1. The van der Waals surface area contributed by atoms with Gasteiger partial charge >= 0.3 is 0 Å². The predicted molar refractivity (Wildman–Crippen MR) is 98.3 cm³/mol. The van der Waals surface area contributed by atoms with E-state index in [2.05, 4.69) is 25.5 Å². The monoisotopic (exact) mass is 400 g/mol. The second-order valence-corrected chi connectivity index (χ2v) is 7.14. The molecule has 0 N–H and O–H groups in total. The molecule has 0 fully saturated rings. The highest BCUT2D eigenvalue weighted by atomic mass is 79.9. The van der Waals surface area contributed by atoms with Gasteiger partial charge in [-0.15, -0.1) is 0 Å².